The van der Waals surface area contributed by atoms with E-state index in [1.54, 1.807) is 0 Å². The maximum absolute atomic E-state index is 11.1. The largest absolute Gasteiger partial charge is 0.493 e. The maximum Gasteiger partial charge on any atom is 0.303 e. The molecule has 3 aromatic rings. The fourth-order valence-corrected chi connectivity index (χ4v) is 3.04. The molecule has 0 amide bonds. The van der Waals surface area contributed by atoms with Crippen LogP contribution in [0.3, 0.4) is 0 Å². The lowest BCUT2D eigenvalue weighted by Gasteiger charge is -2.14. The molecule has 0 atom stereocenters. The molecule has 0 saturated carbocycles. The number of fused-ring (bicyclic) bond motifs is 1. The van der Waals surface area contributed by atoms with Gasteiger partial charge in [-0.15, -0.1) is 0 Å². The number of carboxylic acid groups (broad SMARTS) is 1. The van der Waals surface area contributed by atoms with Crippen molar-refractivity contribution in [2.24, 2.45) is 11.8 Å². The third-order valence-electron chi connectivity index (χ3n) is 4.54. The van der Waals surface area contributed by atoms with Crippen molar-refractivity contribution in [3.8, 4) is 22.8 Å². The second-order valence-electron chi connectivity index (χ2n) is 8.32. The standard InChI is InChI=1S/C24H29NO5/c1-15(2)13-28-19-7-8-20-22(12-19)30-25-24(20)18-5-9-21(29-14-16(3)4)17(11-18)6-10-23(26)27/h5,7-9,11-12,15-16H,6,10,13-14H2,1-4H3,(H,26,27). The summed E-state index contributed by atoms with van der Waals surface area (Å²) >= 11 is 0. The monoisotopic (exact) mass is 411 g/mol. The second-order valence-corrected chi connectivity index (χ2v) is 8.32. The van der Waals surface area contributed by atoms with Crippen molar-refractivity contribution in [2.45, 2.75) is 40.5 Å². The Morgan fingerprint density at radius 2 is 1.77 bits per heavy atom. The second kappa shape index (κ2) is 9.65. The molecule has 0 aliphatic heterocycles. The first-order valence-electron chi connectivity index (χ1n) is 10.3. The molecule has 0 aliphatic rings. The van der Waals surface area contributed by atoms with Gasteiger partial charge in [-0.25, -0.2) is 0 Å². The molecule has 1 N–H and O–H groups in total. The number of nitrogens with zero attached hydrogens (tertiary/aromatic N) is 1. The van der Waals surface area contributed by atoms with Crippen LogP contribution < -0.4 is 9.47 Å². The summed E-state index contributed by atoms with van der Waals surface area (Å²) in [6, 6.07) is 11.5. The number of carboxylic acids is 1. The summed E-state index contributed by atoms with van der Waals surface area (Å²) in [5, 5.41) is 14.2. The van der Waals surface area contributed by atoms with E-state index >= 15 is 0 Å². The Hall–Kier alpha value is -3.02. The molecule has 1 aromatic heterocycles. The molecular formula is C24H29NO5. The summed E-state index contributed by atoms with van der Waals surface area (Å²) in [6.07, 6.45) is 0.428. The van der Waals surface area contributed by atoms with Gasteiger partial charge in [-0.05, 0) is 54.2 Å². The van der Waals surface area contributed by atoms with Crippen LogP contribution in [-0.4, -0.2) is 29.4 Å². The van der Waals surface area contributed by atoms with Gasteiger partial charge in [0.2, 0.25) is 0 Å². The van der Waals surface area contributed by atoms with Crippen LogP contribution in [0, 0.1) is 11.8 Å². The number of aliphatic carboxylic acids is 1. The molecule has 160 valence electrons. The first kappa shape index (κ1) is 21.7. The molecule has 6 heteroatoms. The lowest BCUT2D eigenvalue weighted by Crippen LogP contribution is -2.07. The van der Waals surface area contributed by atoms with Gasteiger partial charge in [0.05, 0.1) is 13.2 Å². The van der Waals surface area contributed by atoms with E-state index < -0.39 is 5.97 Å². The number of hydrogen-bond acceptors (Lipinski definition) is 5. The van der Waals surface area contributed by atoms with Gasteiger partial charge in [-0.3, -0.25) is 4.79 Å². The molecule has 0 spiro atoms. The number of ether oxygens (including phenoxy) is 2. The fraction of sp³-hybridized carbons (Fsp3) is 0.417. The summed E-state index contributed by atoms with van der Waals surface area (Å²) in [5.41, 5.74) is 3.08. The van der Waals surface area contributed by atoms with Gasteiger partial charge in [0.15, 0.2) is 5.58 Å². The van der Waals surface area contributed by atoms with Crippen molar-refractivity contribution in [1.82, 2.24) is 5.16 Å². The highest BCUT2D eigenvalue weighted by Gasteiger charge is 2.15. The van der Waals surface area contributed by atoms with E-state index in [-0.39, 0.29) is 6.42 Å². The normalized spacial score (nSPS) is 11.4. The average molecular weight is 411 g/mol. The van der Waals surface area contributed by atoms with E-state index in [2.05, 4.69) is 32.9 Å². The topological polar surface area (TPSA) is 81.8 Å². The van der Waals surface area contributed by atoms with Crippen LogP contribution in [0.1, 0.15) is 39.7 Å². The first-order valence-corrected chi connectivity index (χ1v) is 10.3. The highest BCUT2D eigenvalue weighted by atomic mass is 16.5. The van der Waals surface area contributed by atoms with E-state index in [0.29, 0.717) is 48.5 Å². The van der Waals surface area contributed by atoms with E-state index in [1.807, 2.05) is 36.4 Å². The Morgan fingerprint density at radius 1 is 1.03 bits per heavy atom. The predicted molar refractivity (Wildman–Crippen MR) is 116 cm³/mol. The number of rotatable bonds is 10. The highest BCUT2D eigenvalue weighted by molar-refractivity contribution is 5.92. The van der Waals surface area contributed by atoms with Crippen LogP contribution in [0.2, 0.25) is 0 Å². The van der Waals surface area contributed by atoms with Gasteiger partial charge in [-0.1, -0.05) is 32.9 Å². The van der Waals surface area contributed by atoms with E-state index in [9.17, 15) is 4.79 Å². The molecule has 0 unspecified atom stereocenters. The minimum absolute atomic E-state index is 0.0393. The third-order valence-corrected chi connectivity index (χ3v) is 4.54. The van der Waals surface area contributed by atoms with Crippen molar-refractivity contribution in [3.63, 3.8) is 0 Å². The number of carbonyl (C=O) groups is 1. The smallest absolute Gasteiger partial charge is 0.303 e. The summed E-state index contributed by atoms with van der Waals surface area (Å²) in [5.74, 6) is 1.44. The molecule has 0 fully saturated rings. The third kappa shape index (κ3) is 5.53. The minimum Gasteiger partial charge on any atom is -0.493 e. The number of hydrogen-bond donors (Lipinski definition) is 1. The zero-order valence-corrected chi connectivity index (χ0v) is 18.0. The molecule has 1 heterocycles. The Morgan fingerprint density at radius 3 is 2.47 bits per heavy atom. The lowest BCUT2D eigenvalue weighted by molar-refractivity contribution is -0.136. The molecule has 2 aromatic carbocycles. The zero-order valence-electron chi connectivity index (χ0n) is 18.0. The van der Waals surface area contributed by atoms with Crippen molar-refractivity contribution < 1.29 is 23.9 Å². The molecule has 0 aliphatic carbocycles. The lowest BCUT2D eigenvalue weighted by atomic mass is 10.0. The molecule has 0 bridgehead atoms. The average Bonchev–Trinajstić information content (AvgIpc) is 3.12. The Kier molecular flexibility index (Phi) is 6.98. The Bertz CT molecular complexity index is 1010. The molecule has 3 rings (SSSR count). The van der Waals surface area contributed by atoms with Crippen molar-refractivity contribution in [3.05, 3.63) is 42.0 Å². The number of aryl methyl sites for hydroxylation is 1. The zero-order chi connectivity index (χ0) is 21.7. The van der Waals surface area contributed by atoms with Crippen LogP contribution >= 0.6 is 0 Å². The summed E-state index contributed by atoms with van der Waals surface area (Å²) < 4.78 is 17.2. The van der Waals surface area contributed by atoms with Crippen LogP contribution in [0.5, 0.6) is 11.5 Å². The fourth-order valence-electron chi connectivity index (χ4n) is 3.04. The molecule has 30 heavy (non-hydrogen) atoms. The van der Waals surface area contributed by atoms with Crippen molar-refractivity contribution in [2.75, 3.05) is 13.2 Å². The minimum atomic E-state index is -0.837. The summed E-state index contributed by atoms with van der Waals surface area (Å²) in [7, 11) is 0. The van der Waals surface area contributed by atoms with Gasteiger partial charge < -0.3 is 19.1 Å². The molecular weight excluding hydrogens is 382 g/mol. The summed E-state index contributed by atoms with van der Waals surface area (Å²) in [4.78, 5) is 11.1. The number of aromatic nitrogens is 1. The van der Waals surface area contributed by atoms with Crippen LogP contribution in [0.25, 0.3) is 22.2 Å². The van der Waals surface area contributed by atoms with Gasteiger partial charge in [0.1, 0.15) is 17.2 Å². The first-order chi connectivity index (χ1) is 14.3. The van der Waals surface area contributed by atoms with E-state index in [4.69, 9.17) is 19.1 Å². The molecule has 6 nitrogen and oxygen atoms in total. The van der Waals surface area contributed by atoms with Gasteiger partial charge in [-0.2, -0.15) is 0 Å². The van der Waals surface area contributed by atoms with Crippen molar-refractivity contribution in [1.29, 1.82) is 0 Å². The van der Waals surface area contributed by atoms with Gasteiger partial charge in [0, 0.05) is 23.4 Å². The maximum atomic E-state index is 11.1. The SMILES string of the molecule is CC(C)COc1ccc2c(-c3ccc(OCC(C)C)c(CCC(=O)O)c3)noc2c1. The van der Waals surface area contributed by atoms with E-state index in [0.717, 1.165) is 22.3 Å². The number of benzene rings is 2. The summed E-state index contributed by atoms with van der Waals surface area (Å²) in [6.45, 7) is 9.56. The molecule has 0 saturated heterocycles. The predicted octanol–water partition coefficient (Wildman–Crippen LogP) is 5.58. The van der Waals surface area contributed by atoms with Crippen LogP contribution in [-0.2, 0) is 11.2 Å². The van der Waals surface area contributed by atoms with Crippen LogP contribution in [0.15, 0.2) is 40.9 Å². The van der Waals surface area contributed by atoms with E-state index in [1.165, 1.54) is 0 Å². The highest BCUT2D eigenvalue weighted by Crippen LogP contribution is 2.33. The Labute approximate surface area is 176 Å². The van der Waals surface area contributed by atoms with Crippen LogP contribution in [0.4, 0.5) is 0 Å². The van der Waals surface area contributed by atoms with Crippen molar-refractivity contribution >= 4 is 16.9 Å². The van der Waals surface area contributed by atoms with Gasteiger partial charge >= 0.3 is 5.97 Å². The molecule has 0 radical (unpaired) electrons. The quantitative estimate of drug-likeness (QED) is 0.469. The Balaban J connectivity index is 1.90. The van der Waals surface area contributed by atoms with Gasteiger partial charge in [0.25, 0.3) is 0 Å².